The van der Waals surface area contributed by atoms with E-state index in [9.17, 15) is 32.1 Å². The predicted octanol–water partition coefficient (Wildman–Crippen LogP) is 8.51. The average molecular weight is 881 g/mol. The molecule has 4 aromatic rings. The van der Waals surface area contributed by atoms with Gasteiger partial charge in [-0.3, -0.25) is 19.8 Å². The third-order valence-electron chi connectivity index (χ3n) is 11.8. The summed E-state index contributed by atoms with van der Waals surface area (Å²) in [5.74, 6) is -1.05. The SMILES string of the molecule is C=C(CCC(F)F)C1=C(CN2CCN(c3ccc(C(=O)NS(=O)(=O)c4ccc(OCC5(F)CCOCC5)c([N+](=O)[O-])c4)c(Oc4cnc5[nH]ccc5c4)c3)CC2)CCC(C)(C)C1. The van der Waals surface area contributed by atoms with Crippen LogP contribution < -0.4 is 19.1 Å². The average Bonchev–Trinajstić information content (AvgIpc) is 3.71. The van der Waals surface area contributed by atoms with Crippen molar-refractivity contribution in [3.05, 3.63) is 99.9 Å². The van der Waals surface area contributed by atoms with E-state index in [0.29, 0.717) is 31.8 Å². The number of allylic oxidation sites excluding steroid dienone is 2. The standard InChI is InChI=1S/C44H51F3N6O8S/c1-29(4-9-40(45)46)36-25-43(2,3)12-10-31(36)27-51-16-18-52(19-17-51)32-5-7-35(39(23-32)61-33-22-30-11-15-48-41(30)49-26-33)42(54)50-62(57,58)34-6-8-38(37(24-34)53(55)56)60-28-44(47)13-20-59-21-14-44/h5-8,11,15,22-24,26,40H,1,4,9-10,12-14,16-21,25,27-28H2,2-3H3,(H,48,49)(H,50,54). The Bertz CT molecular complexity index is 2460. The summed E-state index contributed by atoms with van der Waals surface area (Å²) in [7, 11) is -4.69. The second-order valence-electron chi connectivity index (χ2n) is 17.0. The van der Waals surface area contributed by atoms with Gasteiger partial charge in [-0.05, 0) is 73.1 Å². The number of hydrogen-bond donors (Lipinski definition) is 2. The first-order valence-electron chi connectivity index (χ1n) is 20.6. The Morgan fingerprint density at radius 1 is 1.06 bits per heavy atom. The number of hydrogen-bond acceptors (Lipinski definition) is 11. The number of ether oxygens (including phenoxy) is 3. The number of nitro groups is 1. The molecule has 2 aliphatic heterocycles. The molecule has 1 amide bonds. The highest BCUT2D eigenvalue weighted by atomic mass is 32.2. The van der Waals surface area contributed by atoms with Gasteiger partial charge in [-0.15, -0.1) is 0 Å². The summed E-state index contributed by atoms with van der Waals surface area (Å²) in [5, 5.41) is 12.7. The number of alkyl halides is 3. The molecule has 0 unspecified atom stereocenters. The van der Waals surface area contributed by atoms with Crippen molar-refractivity contribution < 1.29 is 45.5 Å². The minimum absolute atomic E-state index is 0.0410. The Kier molecular flexibility index (Phi) is 13.3. The van der Waals surface area contributed by atoms with Crippen LogP contribution in [0.5, 0.6) is 17.2 Å². The highest BCUT2D eigenvalue weighted by molar-refractivity contribution is 7.90. The molecule has 0 saturated carbocycles. The maximum absolute atomic E-state index is 15.1. The molecular weight excluding hydrogens is 830 g/mol. The largest absolute Gasteiger partial charge is 0.483 e. The highest BCUT2D eigenvalue weighted by Gasteiger charge is 2.35. The first-order chi connectivity index (χ1) is 29.5. The predicted molar refractivity (Wildman–Crippen MR) is 227 cm³/mol. The Morgan fingerprint density at radius 3 is 2.55 bits per heavy atom. The number of nitrogens with zero attached hydrogens (tertiary/aromatic N) is 4. The number of benzene rings is 2. The smallest absolute Gasteiger partial charge is 0.312 e. The molecule has 0 bridgehead atoms. The number of rotatable bonds is 16. The number of piperazine rings is 1. The van der Waals surface area contributed by atoms with E-state index >= 15 is 4.39 Å². The summed E-state index contributed by atoms with van der Waals surface area (Å²) in [5.41, 5.74) is 1.97. The number of halogens is 3. The van der Waals surface area contributed by atoms with Crippen molar-refractivity contribution in [2.24, 2.45) is 5.41 Å². The van der Waals surface area contributed by atoms with Gasteiger partial charge < -0.3 is 24.1 Å². The Balaban J connectivity index is 1.09. The van der Waals surface area contributed by atoms with Crippen molar-refractivity contribution in [3.8, 4) is 17.2 Å². The molecule has 14 nitrogen and oxygen atoms in total. The molecular formula is C44H51F3N6O8S. The first-order valence-corrected chi connectivity index (χ1v) is 22.1. The number of pyridine rings is 1. The van der Waals surface area contributed by atoms with E-state index in [-0.39, 0.29) is 67.1 Å². The second-order valence-corrected chi connectivity index (χ2v) is 18.6. The lowest BCUT2D eigenvalue weighted by Gasteiger charge is -2.39. The number of sulfonamides is 1. The number of anilines is 1. The minimum atomic E-state index is -4.69. The normalized spacial score (nSPS) is 18.2. The van der Waals surface area contributed by atoms with Gasteiger partial charge in [-0.25, -0.2) is 31.3 Å². The molecule has 332 valence electrons. The molecule has 2 aromatic carbocycles. The molecule has 2 N–H and O–H groups in total. The summed E-state index contributed by atoms with van der Waals surface area (Å²) in [6, 6.07) is 11.2. The van der Waals surface area contributed by atoms with E-state index < -0.39 is 50.1 Å². The number of amides is 1. The van der Waals surface area contributed by atoms with E-state index in [1.807, 2.05) is 4.72 Å². The summed E-state index contributed by atoms with van der Waals surface area (Å²) < 4.78 is 87.5. The Labute approximate surface area is 358 Å². The van der Waals surface area contributed by atoms with Gasteiger partial charge in [-0.2, -0.15) is 0 Å². The second kappa shape index (κ2) is 18.5. The molecule has 4 heterocycles. The molecule has 2 saturated heterocycles. The zero-order valence-electron chi connectivity index (χ0n) is 34.8. The van der Waals surface area contributed by atoms with Crippen molar-refractivity contribution in [1.82, 2.24) is 19.6 Å². The summed E-state index contributed by atoms with van der Waals surface area (Å²) in [6.45, 7) is 11.8. The molecule has 18 heteroatoms. The van der Waals surface area contributed by atoms with Crippen LogP contribution in [0.25, 0.3) is 11.0 Å². The highest BCUT2D eigenvalue weighted by Crippen LogP contribution is 2.43. The van der Waals surface area contributed by atoms with Gasteiger partial charge >= 0.3 is 5.69 Å². The molecule has 7 rings (SSSR count). The minimum Gasteiger partial charge on any atom is -0.483 e. The lowest BCUT2D eigenvalue weighted by Crippen LogP contribution is -2.47. The quantitative estimate of drug-likeness (QED) is 0.0818. The van der Waals surface area contributed by atoms with E-state index in [1.54, 1.807) is 30.5 Å². The van der Waals surface area contributed by atoms with Gasteiger partial charge in [-0.1, -0.05) is 31.6 Å². The topological polar surface area (TPSA) is 169 Å². The van der Waals surface area contributed by atoms with E-state index in [0.717, 1.165) is 66.2 Å². The van der Waals surface area contributed by atoms with Crippen LogP contribution in [0.4, 0.5) is 24.5 Å². The molecule has 2 aromatic heterocycles. The van der Waals surface area contributed by atoms with Crippen LogP contribution in [0.3, 0.4) is 0 Å². The zero-order chi connectivity index (χ0) is 44.2. The number of nitro benzene ring substituents is 1. The van der Waals surface area contributed by atoms with Gasteiger partial charge in [0.25, 0.3) is 15.9 Å². The van der Waals surface area contributed by atoms with Crippen molar-refractivity contribution in [2.45, 2.75) is 75.8 Å². The maximum atomic E-state index is 15.1. The van der Waals surface area contributed by atoms with E-state index in [2.05, 4.69) is 40.2 Å². The van der Waals surface area contributed by atoms with Crippen molar-refractivity contribution in [1.29, 1.82) is 0 Å². The van der Waals surface area contributed by atoms with Gasteiger partial charge in [0.2, 0.25) is 6.43 Å². The molecule has 2 fully saturated rings. The molecule has 0 radical (unpaired) electrons. The molecule has 1 aliphatic carbocycles. The summed E-state index contributed by atoms with van der Waals surface area (Å²) in [6.07, 6.45) is 3.66. The number of fused-ring (bicyclic) bond motifs is 1. The third-order valence-corrected chi connectivity index (χ3v) is 13.1. The van der Waals surface area contributed by atoms with Crippen LogP contribution >= 0.6 is 0 Å². The summed E-state index contributed by atoms with van der Waals surface area (Å²) >= 11 is 0. The number of nitrogens with one attached hydrogen (secondary N) is 2. The monoisotopic (exact) mass is 880 g/mol. The van der Waals surface area contributed by atoms with Crippen LogP contribution in [0.1, 0.15) is 69.2 Å². The fourth-order valence-corrected chi connectivity index (χ4v) is 9.07. The molecule has 0 spiro atoms. The number of H-pyrrole nitrogens is 1. The van der Waals surface area contributed by atoms with Crippen molar-refractivity contribution in [2.75, 3.05) is 57.4 Å². The van der Waals surface area contributed by atoms with E-state index in [1.165, 1.54) is 17.8 Å². The van der Waals surface area contributed by atoms with Gasteiger partial charge in [0.05, 0.1) is 21.6 Å². The molecule has 62 heavy (non-hydrogen) atoms. The number of carbonyl (C=O) groups excluding carboxylic acids is 1. The van der Waals surface area contributed by atoms with E-state index in [4.69, 9.17) is 14.2 Å². The Morgan fingerprint density at radius 2 is 1.82 bits per heavy atom. The lowest BCUT2D eigenvalue weighted by molar-refractivity contribution is -0.386. The van der Waals surface area contributed by atoms with Crippen LogP contribution in [-0.2, 0) is 14.8 Å². The first kappa shape index (κ1) is 44.6. The number of carbonyl (C=O) groups is 1. The van der Waals surface area contributed by atoms with Crippen molar-refractivity contribution in [3.63, 3.8) is 0 Å². The number of aromatic amines is 1. The van der Waals surface area contributed by atoms with Crippen molar-refractivity contribution >= 4 is 38.3 Å². The van der Waals surface area contributed by atoms with Crippen LogP contribution in [0.15, 0.2) is 89.1 Å². The lowest BCUT2D eigenvalue weighted by atomic mass is 9.72. The fourth-order valence-electron chi connectivity index (χ4n) is 8.09. The molecule has 3 aliphatic rings. The van der Waals surface area contributed by atoms with Gasteiger partial charge in [0.1, 0.15) is 29.4 Å². The third kappa shape index (κ3) is 10.8. The van der Waals surface area contributed by atoms with Gasteiger partial charge in [0, 0.05) is 94.6 Å². The Hall–Kier alpha value is -5.46. The zero-order valence-corrected chi connectivity index (χ0v) is 35.6. The van der Waals surface area contributed by atoms with Crippen LogP contribution in [-0.4, -0.2) is 98.8 Å². The fraction of sp³-hybridized carbons (Fsp3) is 0.455. The van der Waals surface area contributed by atoms with Crippen LogP contribution in [0, 0.1) is 15.5 Å². The van der Waals surface area contributed by atoms with Crippen LogP contribution in [0.2, 0.25) is 0 Å². The maximum Gasteiger partial charge on any atom is 0.312 e. The molecule has 0 atom stereocenters. The summed E-state index contributed by atoms with van der Waals surface area (Å²) in [4.78, 5) is 36.3. The van der Waals surface area contributed by atoms with Gasteiger partial charge in [0.15, 0.2) is 5.75 Å². The number of aromatic nitrogens is 2.